The highest BCUT2D eigenvalue weighted by Gasteiger charge is 2.24. The number of carbonyl (C=O) groups excluding carboxylic acids is 2. The maximum Gasteiger partial charge on any atom is 0.271 e. The van der Waals surface area contributed by atoms with E-state index in [1.807, 2.05) is 10.9 Å². The fourth-order valence-electron chi connectivity index (χ4n) is 2.98. The van der Waals surface area contributed by atoms with Gasteiger partial charge in [0, 0.05) is 25.9 Å². The summed E-state index contributed by atoms with van der Waals surface area (Å²) in [5, 5.41) is 13.4. The van der Waals surface area contributed by atoms with Gasteiger partial charge in [-0.1, -0.05) is 5.16 Å². The van der Waals surface area contributed by atoms with Gasteiger partial charge in [0.15, 0.2) is 0 Å². The minimum atomic E-state index is -0.201. The molecule has 2 aromatic heterocycles. The van der Waals surface area contributed by atoms with Crippen molar-refractivity contribution in [3.8, 4) is 0 Å². The Balaban J connectivity index is 1.56. The molecule has 9 nitrogen and oxygen atoms in total. The smallest absolute Gasteiger partial charge is 0.271 e. The van der Waals surface area contributed by atoms with Gasteiger partial charge in [0.2, 0.25) is 11.8 Å². The lowest BCUT2D eigenvalue weighted by atomic mass is 10.1. The lowest BCUT2D eigenvalue weighted by Gasteiger charge is -2.32. The summed E-state index contributed by atoms with van der Waals surface area (Å²) in [4.78, 5) is 25.9. The number of rotatable bonds is 5. The minimum Gasteiger partial charge on any atom is -0.354 e. The molecule has 0 aromatic carbocycles. The molecule has 2 amide bonds. The van der Waals surface area contributed by atoms with Crippen LogP contribution < -0.4 is 10.6 Å². The zero-order valence-corrected chi connectivity index (χ0v) is 14.4. The van der Waals surface area contributed by atoms with E-state index < -0.39 is 0 Å². The Labute approximate surface area is 145 Å². The predicted octanol–water partition coefficient (Wildman–Crippen LogP) is 0.815. The summed E-state index contributed by atoms with van der Waals surface area (Å²) in [5.74, 6) is 0.0230. The zero-order valence-electron chi connectivity index (χ0n) is 14.4. The highest BCUT2D eigenvalue weighted by atomic mass is 16.5. The molecule has 1 aliphatic rings. The number of nitrogens with zero attached hydrogens (tertiary/aromatic N) is 4. The lowest BCUT2D eigenvalue weighted by molar-refractivity contribution is -0.117. The van der Waals surface area contributed by atoms with Crippen LogP contribution in [0, 0.1) is 6.92 Å². The van der Waals surface area contributed by atoms with Gasteiger partial charge in [-0.3, -0.25) is 24.5 Å². The van der Waals surface area contributed by atoms with Crippen molar-refractivity contribution in [2.75, 3.05) is 32.0 Å². The molecule has 2 N–H and O–H groups in total. The van der Waals surface area contributed by atoms with E-state index in [0.29, 0.717) is 18.1 Å². The molecule has 0 saturated carbocycles. The summed E-state index contributed by atoms with van der Waals surface area (Å²) in [6.45, 7) is 3.63. The molecular formula is C16H22N6O3. The van der Waals surface area contributed by atoms with Crippen molar-refractivity contribution in [1.82, 2.24) is 25.2 Å². The first-order valence-electron chi connectivity index (χ1n) is 8.28. The van der Waals surface area contributed by atoms with Crippen LogP contribution in [0.3, 0.4) is 0 Å². The number of nitrogens with one attached hydrogen (secondary N) is 2. The number of hydrogen-bond donors (Lipinski definition) is 2. The standard InChI is InChI=1S/C16H22N6O3/c1-11-8-15(25-20-11)18-14(23)10-21-6-3-4-12(9-21)22-7-5-13(19-22)16(24)17-2/h5,7-8,12H,3-4,6,9-10H2,1-2H3,(H,17,24)(H,18,23)/t12-/m0/s1. The third-order valence-corrected chi connectivity index (χ3v) is 4.18. The molecule has 3 rings (SSSR count). The molecule has 134 valence electrons. The molecule has 1 saturated heterocycles. The molecule has 1 atom stereocenters. The van der Waals surface area contributed by atoms with E-state index in [1.165, 1.54) is 0 Å². The summed E-state index contributed by atoms with van der Waals surface area (Å²) in [6.07, 6.45) is 3.75. The fraction of sp³-hybridized carbons (Fsp3) is 0.500. The summed E-state index contributed by atoms with van der Waals surface area (Å²) in [7, 11) is 1.58. The summed E-state index contributed by atoms with van der Waals surface area (Å²) >= 11 is 0. The Morgan fingerprint density at radius 3 is 3.00 bits per heavy atom. The topological polar surface area (TPSA) is 105 Å². The van der Waals surface area contributed by atoms with Crippen molar-refractivity contribution in [2.24, 2.45) is 0 Å². The van der Waals surface area contributed by atoms with Crippen molar-refractivity contribution >= 4 is 17.7 Å². The Kier molecular flexibility index (Phi) is 5.13. The van der Waals surface area contributed by atoms with Crippen LogP contribution in [0.2, 0.25) is 0 Å². The molecule has 3 heterocycles. The second kappa shape index (κ2) is 7.47. The van der Waals surface area contributed by atoms with Gasteiger partial charge in [0.1, 0.15) is 5.69 Å². The second-order valence-electron chi connectivity index (χ2n) is 6.17. The van der Waals surface area contributed by atoms with E-state index >= 15 is 0 Å². The molecule has 25 heavy (non-hydrogen) atoms. The third kappa shape index (κ3) is 4.24. The monoisotopic (exact) mass is 346 g/mol. The summed E-state index contributed by atoms with van der Waals surface area (Å²) in [6, 6.07) is 3.53. The second-order valence-corrected chi connectivity index (χ2v) is 6.17. The first-order valence-corrected chi connectivity index (χ1v) is 8.28. The van der Waals surface area contributed by atoms with Crippen LogP contribution in [0.1, 0.15) is 35.1 Å². The Morgan fingerprint density at radius 2 is 2.28 bits per heavy atom. The van der Waals surface area contributed by atoms with E-state index in [1.54, 1.807) is 26.1 Å². The van der Waals surface area contributed by atoms with Crippen molar-refractivity contribution < 1.29 is 14.1 Å². The Hall–Kier alpha value is -2.68. The first-order chi connectivity index (χ1) is 12.0. The number of aromatic nitrogens is 3. The van der Waals surface area contributed by atoms with Gasteiger partial charge in [-0.05, 0) is 32.4 Å². The molecular weight excluding hydrogens is 324 g/mol. The Bertz CT molecular complexity index is 753. The van der Waals surface area contributed by atoms with Crippen LogP contribution in [-0.2, 0) is 4.79 Å². The minimum absolute atomic E-state index is 0.136. The molecule has 0 unspecified atom stereocenters. The van der Waals surface area contributed by atoms with E-state index in [4.69, 9.17) is 4.52 Å². The molecule has 0 aliphatic carbocycles. The Morgan fingerprint density at radius 1 is 1.44 bits per heavy atom. The molecule has 9 heteroatoms. The van der Waals surface area contributed by atoms with Crippen molar-refractivity contribution in [2.45, 2.75) is 25.8 Å². The maximum absolute atomic E-state index is 12.1. The quantitative estimate of drug-likeness (QED) is 0.830. The predicted molar refractivity (Wildman–Crippen MR) is 90.2 cm³/mol. The summed E-state index contributed by atoms with van der Waals surface area (Å²) in [5.41, 5.74) is 1.12. The largest absolute Gasteiger partial charge is 0.354 e. The third-order valence-electron chi connectivity index (χ3n) is 4.18. The van der Waals surface area contributed by atoms with Crippen LogP contribution in [0.15, 0.2) is 22.9 Å². The van der Waals surface area contributed by atoms with Crippen LogP contribution in [0.4, 0.5) is 5.88 Å². The fourth-order valence-corrected chi connectivity index (χ4v) is 2.98. The maximum atomic E-state index is 12.1. The van der Waals surface area contributed by atoms with Crippen LogP contribution in [0.25, 0.3) is 0 Å². The highest BCUT2D eigenvalue weighted by Crippen LogP contribution is 2.21. The van der Waals surface area contributed by atoms with E-state index in [9.17, 15) is 9.59 Å². The molecule has 0 radical (unpaired) electrons. The van der Waals surface area contributed by atoms with Gasteiger partial charge < -0.3 is 9.84 Å². The average molecular weight is 346 g/mol. The van der Waals surface area contributed by atoms with Gasteiger partial charge in [0.25, 0.3) is 5.91 Å². The van der Waals surface area contributed by atoms with Gasteiger partial charge in [0.05, 0.1) is 18.3 Å². The van der Waals surface area contributed by atoms with Gasteiger partial charge in [-0.25, -0.2) is 0 Å². The normalized spacial score (nSPS) is 18.1. The number of amides is 2. The number of piperidine rings is 1. The number of aryl methyl sites for hydroxylation is 1. The van der Waals surface area contributed by atoms with Crippen molar-refractivity contribution in [1.29, 1.82) is 0 Å². The van der Waals surface area contributed by atoms with Crippen molar-refractivity contribution in [3.05, 3.63) is 29.7 Å². The number of anilines is 1. The SMILES string of the molecule is CNC(=O)c1ccn([C@H]2CCCN(CC(=O)Nc3cc(C)no3)C2)n1. The van der Waals surface area contributed by atoms with Gasteiger partial charge in [-0.15, -0.1) is 0 Å². The number of carbonyl (C=O) groups is 2. The molecule has 1 aliphatic heterocycles. The van der Waals surface area contributed by atoms with Gasteiger partial charge >= 0.3 is 0 Å². The van der Waals surface area contributed by atoms with E-state index in [2.05, 4.69) is 25.8 Å². The van der Waals surface area contributed by atoms with Crippen LogP contribution in [-0.4, -0.2) is 58.3 Å². The molecule has 2 aromatic rings. The molecule has 0 bridgehead atoms. The lowest BCUT2D eigenvalue weighted by Crippen LogP contribution is -2.41. The van der Waals surface area contributed by atoms with Gasteiger partial charge in [-0.2, -0.15) is 5.10 Å². The molecule has 1 fully saturated rings. The van der Waals surface area contributed by atoms with Crippen molar-refractivity contribution in [3.63, 3.8) is 0 Å². The average Bonchev–Trinajstić information content (AvgIpc) is 3.23. The number of likely N-dealkylation sites (tertiary alicyclic amines) is 1. The van der Waals surface area contributed by atoms with Crippen LogP contribution in [0.5, 0.6) is 0 Å². The highest BCUT2D eigenvalue weighted by molar-refractivity contribution is 5.92. The van der Waals surface area contributed by atoms with Crippen LogP contribution >= 0.6 is 0 Å². The summed E-state index contributed by atoms with van der Waals surface area (Å²) < 4.78 is 6.81. The number of hydrogen-bond acceptors (Lipinski definition) is 6. The first kappa shape index (κ1) is 17.2. The molecule has 0 spiro atoms. The van der Waals surface area contributed by atoms with E-state index in [0.717, 1.165) is 25.1 Å². The van der Waals surface area contributed by atoms with E-state index in [-0.39, 0.29) is 24.4 Å². The zero-order chi connectivity index (χ0) is 17.8.